The molecule has 1 heterocycles. The van der Waals surface area contributed by atoms with Gasteiger partial charge in [0.2, 0.25) is 0 Å². The van der Waals surface area contributed by atoms with Crippen LogP contribution in [0.25, 0.3) is 0 Å². The summed E-state index contributed by atoms with van der Waals surface area (Å²) in [6.07, 6.45) is 2.41. The van der Waals surface area contributed by atoms with E-state index in [0.717, 1.165) is 62.4 Å². The molecule has 0 bridgehead atoms. The second-order valence-electron chi connectivity index (χ2n) is 9.02. The fraction of sp³-hybridized carbons (Fsp3) is 0.500. The van der Waals surface area contributed by atoms with Gasteiger partial charge >= 0.3 is 5.97 Å². The van der Waals surface area contributed by atoms with Crippen molar-refractivity contribution in [3.8, 4) is 5.75 Å². The van der Waals surface area contributed by atoms with Crippen LogP contribution < -0.4 is 9.64 Å². The normalized spacial score (nSPS) is 16.1. The SMILES string of the molecule is COC(=O)c1ccc(CN2CCC(O)(CCN(C)c3cccc(OC(C)C)c3)CC2)cc1. The molecular weight excluding hydrogens is 404 g/mol. The second kappa shape index (κ2) is 10.8. The van der Waals surface area contributed by atoms with Crippen LogP contribution >= 0.6 is 0 Å². The lowest BCUT2D eigenvalue weighted by Gasteiger charge is -2.39. The minimum absolute atomic E-state index is 0.146. The summed E-state index contributed by atoms with van der Waals surface area (Å²) in [5, 5.41) is 11.1. The Hall–Kier alpha value is -2.57. The Balaban J connectivity index is 1.47. The lowest BCUT2D eigenvalue weighted by molar-refractivity contribution is -0.0275. The standard InChI is InChI=1S/C26H36N2O4/c1-20(2)32-24-7-5-6-23(18-24)27(3)15-12-26(30)13-16-28(17-14-26)19-21-8-10-22(11-9-21)25(29)31-4/h5-11,18,20,30H,12-17,19H2,1-4H3. The predicted octanol–water partition coefficient (Wildman–Crippen LogP) is 4.11. The van der Waals surface area contributed by atoms with Crippen LogP contribution in [0.15, 0.2) is 48.5 Å². The monoisotopic (exact) mass is 440 g/mol. The van der Waals surface area contributed by atoms with Crippen LogP contribution in [0.4, 0.5) is 5.69 Å². The van der Waals surface area contributed by atoms with Gasteiger partial charge in [0.25, 0.3) is 0 Å². The predicted molar refractivity (Wildman–Crippen MR) is 127 cm³/mol. The first-order valence-electron chi connectivity index (χ1n) is 11.4. The number of aliphatic hydroxyl groups is 1. The Morgan fingerprint density at radius 3 is 2.47 bits per heavy atom. The third kappa shape index (κ3) is 6.71. The third-order valence-electron chi connectivity index (χ3n) is 6.11. The van der Waals surface area contributed by atoms with E-state index in [2.05, 4.69) is 29.0 Å². The number of hydrogen-bond donors (Lipinski definition) is 1. The first kappa shape index (κ1) is 24.1. The first-order chi connectivity index (χ1) is 15.3. The molecule has 0 amide bonds. The van der Waals surface area contributed by atoms with Gasteiger partial charge in [-0.15, -0.1) is 0 Å². The lowest BCUT2D eigenvalue weighted by Crippen LogP contribution is -2.45. The molecule has 1 N–H and O–H groups in total. The number of likely N-dealkylation sites (tertiary alicyclic amines) is 1. The van der Waals surface area contributed by atoms with Gasteiger partial charge in [0.05, 0.1) is 24.4 Å². The Morgan fingerprint density at radius 2 is 1.84 bits per heavy atom. The number of benzene rings is 2. The van der Waals surface area contributed by atoms with Gasteiger partial charge in [-0.3, -0.25) is 4.90 Å². The summed E-state index contributed by atoms with van der Waals surface area (Å²) >= 11 is 0. The molecule has 0 unspecified atom stereocenters. The smallest absolute Gasteiger partial charge is 0.337 e. The molecule has 6 heteroatoms. The number of esters is 1. The fourth-order valence-corrected chi connectivity index (χ4v) is 4.07. The molecule has 1 saturated heterocycles. The zero-order valence-electron chi connectivity index (χ0n) is 19.7. The van der Waals surface area contributed by atoms with E-state index in [1.165, 1.54) is 7.11 Å². The highest BCUT2D eigenvalue weighted by Crippen LogP contribution is 2.28. The van der Waals surface area contributed by atoms with Gasteiger partial charge in [0.15, 0.2) is 0 Å². The van der Waals surface area contributed by atoms with Crippen LogP contribution in [-0.2, 0) is 11.3 Å². The summed E-state index contributed by atoms with van der Waals surface area (Å²) < 4.78 is 10.6. The number of rotatable bonds is 9. The Kier molecular flexibility index (Phi) is 8.15. The molecule has 0 aliphatic carbocycles. The Bertz CT molecular complexity index is 874. The maximum atomic E-state index is 11.6. The average molecular weight is 441 g/mol. The minimum Gasteiger partial charge on any atom is -0.491 e. The van der Waals surface area contributed by atoms with Gasteiger partial charge in [0.1, 0.15) is 5.75 Å². The summed E-state index contributed by atoms with van der Waals surface area (Å²) in [5.74, 6) is 0.555. The van der Waals surface area contributed by atoms with E-state index in [4.69, 9.17) is 9.47 Å². The lowest BCUT2D eigenvalue weighted by atomic mass is 9.88. The molecule has 6 nitrogen and oxygen atoms in total. The van der Waals surface area contributed by atoms with Gasteiger partial charge in [-0.2, -0.15) is 0 Å². The maximum absolute atomic E-state index is 11.6. The fourth-order valence-electron chi connectivity index (χ4n) is 4.07. The largest absolute Gasteiger partial charge is 0.491 e. The number of hydrogen-bond acceptors (Lipinski definition) is 6. The summed E-state index contributed by atoms with van der Waals surface area (Å²) in [4.78, 5) is 16.1. The molecule has 1 fully saturated rings. The molecule has 32 heavy (non-hydrogen) atoms. The number of carbonyl (C=O) groups excluding carboxylic acids is 1. The molecule has 0 saturated carbocycles. The summed E-state index contributed by atoms with van der Waals surface area (Å²) in [6.45, 7) is 7.37. The topological polar surface area (TPSA) is 62.2 Å². The zero-order chi connectivity index (χ0) is 23.1. The highest BCUT2D eigenvalue weighted by molar-refractivity contribution is 5.89. The van der Waals surface area contributed by atoms with E-state index in [9.17, 15) is 9.90 Å². The second-order valence-corrected chi connectivity index (χ2v) is 9.02. The first-order valence-corrected chi connectivity index (χ1v) is 11.4. The zero-order valence-corrected chi connectivity index (χ0v) is 19.7. The quantitative estimate of drug-likeness (QED) is 0.592. The molecule has 0 aromatic heterocycles. The molecule has 0 spiro atoms. The third-order valence-corrected chi connectivity index (χ3v) is 6.11. The van der Waals surface area contributed by atoms with E-state index < -0.39 is 5.60 Å². The van der Waals surface area contributed by atoms with Gasteiger partial charge in [0, 0.05) is 45.0 Å². The van der Waals surface area contributed by atoms with E-state index in [0.29, 0.717) is 5.56 Å². The summed E-state index contributed by atoms with van der Waals surface area (Å²) in [6, 6.07) is 15.7. The van der Waals surface area contributed by atoms with Crippen LogP contribution in [0.1, 0.15) is 49.0 Å². The van der Waals surface area contributed by atoms with Crippen LogP contribution in [0.5, 0.6) is 5.75 Å². The Morgan fingerprint density at radius 1 is 1.16 bits per heavy atom. The van der Waals surface area contributed by atoms with E-state index in [1.807, 2.05) is 38.1 Å². The number of nitrogens with zero attached hydrogens (tertiary/aromatic N) is 2. The molecule has 0 radical (unpaired) electrons. The molecular formula is C26H36N2O4. The highest BCUT2D eigenvalue weighted by Gasteiger charge is 2.32. The van der Waals surface area contributed by atoms with Crippen molar-refractivity contribution in [2.75, 3.05) is 38.7 Å². The molecule has 1 aliphatic heterocycles. The van der Waals surface area contributed by atoms with Crippen molar-refractivity contribution < 1.29 is 19.4 Å². The average Bonchev–Trinajstić information content (AvgIpc) is 2.79. The highest BCUT2D eigenvalue weighted by atomic mass is 16.5. The van der Waals surface area contributed by atoms with Crippen molar-refractivity contribution in [1.82, 2.24) is 4.90 Å². The van der Waals surface area contributed by atoms with Crippen LogP contribution in [0, 0.1) is 0 Å². The van der Waals surface area contributed by atoms with E-state index in [1.54, 1.807) is 12.1 Å². The number of piperidine rings is 1. The van der Waals surface area contributed by atoms with Gasteiger partial charge in [-0.05, 0) is 62.9 Å². The van der Waals surface area contributed by atoms with Crippen molar-refractivity contribution in [2.45, 2.75) is 51.4 Å². The summed E-state index contributed by atoms with van der Waals surface area (Å²) in [7, 11) is 3.45. The summed E-state index contributed by atoms with van der Waals surface area (Å²) in [5.41, 5.74) is 2.19. The maximum Gasteiger partial charge on any atom is 0.337 e. The van der Waals surface area contributed by atoms with E-state index >= 15 is 0 Å². The van der Waals surface area contributed by atoms with Crippen molar-refractivity contribution >= 4 is 11.7 Å². The molecule has 2 aromatic rings. The van der Waals surface area contributed by atoms with Gasteiger partial charge in [-0.1, -0.05) is 18.2 Å². The molecule has 2 aromatic carbocycles. The van der Waals surface area contributed by atoms with E-state index in [-0.39, 0.29) is 12.1 Å². The molecule has 0 atom stereocenters. The number of ether oxygens (including phenoxy) is 2. The molecule has 3 rings (SSSR count). The number of methoxy groups -OCH3 is 1. The van der Waals surface area contributed by atoms with Crippen molar-refractivity contribution in [3.63, 3.8) is 0 Å². The van der Waals surface area contributed by atoms with Crippen LogP contribution in [0.2, 0.25) is 0 Å². The van der Waals surface area contributed by atoms with Gasteiger partial charge in [-0.25, -0.2) is 4.79 Å². The number of carbonyl (C=O) groups is 1. The van der Waals surface area contributed by atoms with Crippen molar-refractivity contribution in [2.24, 2.45) is 0 Å². The minimum atomic E-state index is -0.633. The Labute approximate surface area is 191 Å². The molecule has 1 aliphatic rings. The van der Waals surface area contributed by atoms with Crippen LogP contribution in [0.3, 0.4) is 0 Å². The van der Waals surface area contributed by atoms with Crippen molar-refractivity contribution in [3.05, 3.63) is 59.7 Å². The van der Waals surface area contributed by atoms with Crippen LogP contribution in [-0.4, -0.2) is 61.5 Å². The number of anilines is 1. The van der Waals surface area contributed by atoms with Crippen molar-refractivity contribution in [1.29, 1.82) is 0 Å². The van der Waals surface area contributed by atoms with Gasteiger partial charge < -0.3 is 19.5 Å². The molecule has 174 valence electrons.